The normalized spacial score (nSPS) is 28.5. The van der Waals surface area contributed by atoms with Gasteiger partial charge in [-0.3, -0.25) is 4.90 Å². The fourth-order valence-corrected chi connectivity index (χ4v) is 1.65. The second kappa shape index (κ2) is 3.24. The SMILES string of the molecule is C[C@]1(C(=O)O)CCCCN1C(=O)O. The Kier molecular flexibility index (Phi) is 2.45. The van der Waals surface area contributed by atoms with Crippen LogP contribution in [0.4, 0.5) is 4.79 Å². The highest BCUT2D eigenvalue weighted by Crippen LogP contribution is 2.27. The van der Waals surface area contributed by atoms with Crippen LogP contribution in [0, 0.1) is 0 Å². The summed E-state index contributed by atoms with van der Waals surface area (Å²) in [5.74, 6) is -1.06. The molecule has 5 heteroatoms. The van der Waals surface area contributed by atoms with Crippen LogP contribution in [0.3, 0.4) is 0 Å². The fourth-order valence-electron chi connectivity index (χ4n) is 1.65. The summed E-state index contributed by atoms with van der Waals surface area (Å²) in [4.78, 5) is 22.6. The topological polar surface area (TPSA) is 77.8 Å². The predicted octanol–water partition coefficient (Wildman–Crippen LogP) is 0.994. The molecule has 1 saturated heterocycles. The van der Waals surface area contributed by atoms with Gasteiger partial charge in [-0.15, -0.1) is 0 Å². The Morgan fingerprint density at radius 1 is 1.31 bits per heavy atom. The summed E-state index contributed by atoms with van der Waals surface area (Å²) in [5, 5.41) is 17.7. The Bertz CT molecular complexity index is 240. The van der Waals surface area contributed by atoms with E-state index in [9.17, 15) is 9.59 Å². The second-order valence-electron chi connectivity index (χ2n) is 3.47. The molecule has 1 fully saturated rings. The van der Waals surface area contributed by atoms with E-state index in [1.54, 1.807) is 0 Å². The van der Waals surface area contributed by atoms with Gasteiger partial charge in [-0.1, -0.05) is 0 Å². The van der Waals surface area contributed by atoms with Crippen molar-refractivity contribution in [3.05, 3.63) is 0 Å². The molecule has 1 atom stereocenters. The summed E-state index contributed by atoms with van der Waals surface area (Å²) < 4.78 is 0. The fraction of sp³-hybridized carbons (Fsp3) is 0.750. The Labute approximate surface area is 76.0 Å². The molecule has 1 rings (SSSR count). The zero-order chi connectivity index (χ0) is 10.1. The average Bonchev–Trinajstić information content (AvgIpc) is 2.04. The summed E-state index contributed by atoms with van der Waals surface area (Å²) in [7, 11) is 0. The van der Waals surface area contributed by atoms with Crippen LogP contribution in [0.1, 0.15) is 26.2 Å². The number of carbonyl (C=O) groups is 2. The van der Waals surface area contributed by atoms with Crippen molar-refractivity contribution >= 4 is 12.1 Å². The first-order valence-corrected chi connectivity index (χ1v) is 4.22. The molecule has 0 radical (unpaired) electrons. The molecule has 0 bridgehead atoms. The van der Waals surface area contributed by atoms with Gasteiger partial charge in [0.1, 0.15) is 5.54 Å². The molecule has 0 spiro atoms. The largest absolute Gasteiger partial charge is 0.480 e. The van der Waals surface area contributed by atoms with Crippen LogP contribution >= 0.6 is 0 Å². The Morgan fingerprint density at radius 2 is 1.92 bits per heavy atom. The second-order valence-corrected chi connectivity index (χ2v) is 3.47. The van der Waals surface area contributed by atoms with Crippen molar-refractivity contribution in [2.45, 2.75) is 31.7 Å². The first-order chi connectivity index (χ1) is 5.98. The Hall–Kier alpha value is -1.26. The summed E-state index contributed by atoms with van der Waals surface area (Å²) >= 11 is 0. The van der Waals surface area contributed by atoms with Crippen molar-refractivity contribution in [2.24, 2.45) is 0 Å². The predicted molar refractivity (Wildman–Crippen MR) is 44.6 cm³/mol. The van der Waals surface area contributed by atoms with Crippen molar-refractivity contribution in [1.82, 2.24) is 4.90 Å². The number of carboxylic acid groups (broad SMARTS) is 2. The number of likely N-dealkylation sites (tertiary alicyclic amines) is 1. The Morgan fingerprint density at radius 3 is 2.31 bits per heavy atom. The highest BCUT2D eigenvalue weighted by Gasteiger charge is 2.43. The lowest BCUT2D eigenvalue weighted by Crippen LogP contribution is -2.57. The quantitative estimate of drug-likeness (QED) is 0.641. The minimum atomic E-state index is -1.23. The third kappa shape index (κ3) is 1.59. The molecule has 74 valence electrons. The molecule has 5 nitrogen and oxygen atoms in total. The van der Waals surface area contributed by atoms with Crippen LogP contribution in [0.15, 0.2) is 0 Å². The van der Waals surface area contributed by atoms with Gasteiger partial charge in [-0.05, 0) is 26.2 Å². The van der Waals surface area contributed by atoms with Gasteiger partial charge in [0, 0.05) is 6.54 Å². The van der Waals surface area contributed by atoms with E-state index in [0.717, 1.165) is 17.7 Å². The number of nitrogens with zero attached hydrogens (tertiary/aromatic N) is 1. The van der Waals surface area contributed by atoms with Crippen LogP contribution < -0.4 is 0 Å². The van der Waals surface area contributed by atoms with Crippen molar-refractivity contribution in [3.8, 4) is 0 Å². The first kappa shape index (κ1) is 9.83. The molecule has 0 aliphatic carbocycles. The zero-order valence-electron chi connectivity index (χ0n) is 7.49. The lowest BCUT2D eigenvalue weighted by molar-refractivity contribution is -0.151. The molecule has 1 heterocycles. The van der Waals surface area contributed by atoms with Crippen LogP contribution in [0.5, 0.6) is 0 Å². The molecular formula is C8H13NO4. The monoisotopic (exact) mass is 187 g/mol. The van der Waals surface area contributed by atoms with Gasteiger partial charge in [-0.2, -0.15) is 0 Å². The molecule has 0 saturated carbocycles. The third-order valence-electron chi connectivity index (χ3n) is 2.58. The van der Waals surface area contributed by atoms with E-state index in [2.05, 4.69) is 0 Å². The zero-order valence-corrected chi connectivity index (χ0v) is 7.49. The summed E-state index contributed by atoms with van der Waals surface area (Å²) in [6.45, 7) is 1.78. The van der Waals surface area contributed by atoms with Crippen molar-refractivity contribution in [1.29, 1.82) is 0 Å². The number of aliphatic carboxylic acids is 1. The van der Waals surface area contributed by atoms with Crippen molar-refractivity contribution < 1.29 is 19.8 Å². The number of rotatable bonds is 1. The summed E-state index contributed by atoms with van der Waals surface area (Å²) in [5.41, 5.74) is -1.23. The van der Waals surface area contributed by atoms with Crippen LogP contribution in [0.2, 0.25) is 0 Å². The molecular weight excluding hydrogens is 174 g/mol. The average molecular weight is 187 g/mol. The molecule has 0 aromatic rings. The van der Waals surface area contributed by atoms with Gasteiger partial charge in [0.05, 0.1) is 0 Å². The number of hydrogen-bond acceptors (Lipinski definition) is 2. The van der Waals surface area contributed by atoms with E-state index in [0.29, 0.717) is 13.0 Å². The van der Waals surface area contributed by atoms with E-state index >= 15 is 0 Å². The van der Waals surface area contributed by atoms with Gasteiger partial charge in [0.15, 0.2) is 0 Å². The lowest BCUT2D eigenvalue weighted by Gasteiger charge is -2.39. The molecule has 1 aliphatic heterocycles. The molecule has 0 unspecified atom stereocenters. The van der Waals surface area contributed by atoms with Crippen LogP contribution in [-0.2, 0) is 4.79 Å². The maximum absolute atomic E-state index is 10.9. The number of hydrogen-bond donors (Lipinski definition) is 2. The highest BCUT2D eigenvalue weighted by molar-refractivity contribution is 5.83. The number of carboxylic acids is 1. The molecule has 0 aromatic heterocycles. The van der Waals surface area contributed by atoms with Gasteiger partial charge < -0.3 is 10.2 Å². The first-order valence-electron chi connectivity index (χ1n) is 4.22. The smallest absolute Gasteiger partial charge is 0.408 e. The van der Waals surface area contributed by atoms with E-state index in [-0.39, 0.29) is 0 Å². The van der Waals surface area contributed by atoms with E-state index < -0.39 is 17.6 Å². The molecule has 13 heavy (non-hydrogen) atoms. The van der Waals surface area contributed by atoms with Gasteiger partial charge in [0.2, 0.25) is 0 Å². The highest BCUT2D eigenvalue weighted by atomic mass is 16.4. The minimum Gasteiger partial charge on any atom is -0.480 e. The number of piperidine rings is 1. The standard InChI is InChI=1S/C8H13NO4/c1-8(6(10)11)4-2-3-5-9(8)7(12)13/h2-5H2,1H3,(H,10,11)(H,12,13)/t8-/m1/s1. The molecule has 2 N–H and O–H groups in total. The van der Waals surface area contributed by atoms with E-state index in [1.165, 1.54) is 6.92 Å². The molecule has 0 aromatic carbocycles. The number of amides is 1. The minimum absolute atomic E-state index is 0.318. The van der Waals surface area contributed by atoms with E-state index in [1.807, 2.05) is 0 Å². The van der Waals surface area contributed by atoms with Crippen molar-refractivity contribution in [2.75, 3.05) is 6.54 Å². The summed E-state index contributed by atoms with van der Waals surface area (Å²) in [6.07, 6.45) is 0.765. The molecule has 1 aliphatic rings. The Balaban J connectivity index is 2.89. The van der Waals surface area contributed by atoms with Gasteiger partial charge in [-0.25, -0.2) is 9.59 Å². The molecule has 1 amide bonds. The maximum Gasteiger partial charge on any atom is 0.408 e. The van der Waals surface area contributed by atoms with Crippen LogP contribution in [0.25, 0.3) is 0 Å². The van der Waals surface area contributed by atoms with Gasteiger partial charge in [0.25, 0.3) is 0 Å². The maximum atomic E-state index is 10.9. The van der Waals surface area contributed by atoms with Crippen molar-refractivity contribution in [3.63, 3.8) is 0 Å². The lowest BCUT2D eigenvalue weighted by atomic mass is 9.89. The summed E-state index contributed by atoms with van der Waals surface area (Å²) in [6, 6.07) is 0. The third-order valence-corrected chi connectivity index (χ3v) is 2.58. The van der Waals surface area contributed by atoms with Gasteiger partial charge >= 0.3 is 12.1 Å². The van der Waals surface area contributed by atoms with E-state index in [4.69, 9.17) is 10.2 Å². The van der Waals surface area contributed by atoms with Crippen LogP contribution in [-0.4, -0.2) is 39.3 Å².